The third-order valence-electron chi connectivity index (χ3n) is 1.03. The van der Waals surface area contributed by atoms with Crippen LogP contribution < -0.4 is 11.3 Å². The van der Waals surface area contributed by atoms with E-state index in [4.69, 9.17) is 17.4 Å². The molecule has 4 nitrogen and oxygen atoms in total. The van der Waals surface area contributed by atoms with E-state index in [0.717, 1.165) is 0 Å². The van der Waals surface area contributed by atoms with E-state index in [9.17, 15) is 0 Å². The number of thiol groups is 1. The molecule has 3 N–H and O–H groups in total. The van der Waals surface area contributed by atoms with Crippen molar-refractivity contribution >= 4 is 30.0 Å². The molecule has 11 heavy (non-hydrogen) atoms. The first-order valence-electron chi connectivity index (χ1n) is 2.87. The molecule has 0 aliphatic carbocycles. The highest BCUT2D eigenvalue weighted by Crippen LogP contribution is 2.10. The van der Waals surface area contributed by atoms with Gasteiger partial charge in [-0.2, -0.15) is 12.6 Å². The SMILES string of the molecule is NNc1cc(Cl)nc(CS)n1. The lowest BCUT2D eigenvalue weighted by atomic mass is 10.5. The molecule has 0 aromatic carbocycles. The Bertz CT molecular complexity index is 232. The molecule has 0 saturated heterocycles. The summed E-state index contributed by atoms with van der Waals surface area (Å²) >= 11 is 9.62. The van der Waals surface area contributed by atoms with Crippen LogP contribution in [0.25, 0.3) is 0 Å². The summed E-state index contributed by atoms with van der Waals surface area (Å²) in [5.74, 6) is 6.60. The van der Waals surface area contributed by atoms with Crippen LogP contribution in [0, 0.1) is 0 Å². The van der Waals surface area contributed by atoms with Gasteiger partial charge < -0.3 is 5.43 Å². The number of hydrogen-bond donors (Lipinski definition) is 3. The maximum absolute atomic E-state index is 5.63. The number of nitrogens with two attached hydrogens (primary N) is 1. The predicted octanol–water partition coefficient (Wildman–Crippen LogP) is 0.845. The molecule has 1 aromatic heterocycles. The van der Waals surface area contributed by atoms with E-state index in [1.54, 1.807) is 0 Å². The molecule has 0 spiro atoms. The normalized spacial score (nSPS) is 9.73. The summed E-state index contributed by atoms with van der Waals surface area (Å²) in [6.07, 6.45) is 0. The van der Waals surface area contributed by atoms with Crippen molar-refractivity contribution in [2.75, 3.05) is 5.43 Å². The fraction of sp³-hybridized carbons (Fsp3) is 0.200. The number of rotatable bonds is 2. The van der Waals surface area contributed by atoms with Crippen molar-refractivity contribution in [2.24, 2.45) is 5.84 Å². The second-order valence-electron chi connectivity index (χ2n) is 1.79. The van der Waals surface area contributed by atoms with Gasteiger partial charge in [-0.1, -0.05) is 11.6 Å². The quantitative estimate of drug-likeness (QED) is 0.280. The Morgan fingerprint density at radius 1 is 1.64 bits per heavy atom. The monoisotopic (exact) mass is 190 g/mol. The molecule has 0 aliphatic heterocycles. The van der Waals surface area contributed by atoms with Gasteiger partial charge in [0.2, 0.25) is 0 Å². The summed E-state index contributed by atoms with van der Waals surface area (Å²) in [5, 5.41) is 0.358. The zero-order valence-electron chi connectivity index (χ0n) is 5.58. The fourth-order valence-electron chi connectivity index (χ4n) is 0.609. The highest BCUT2D eigenvalue weighted by molar-refractivity contribution is 7.79. The number of nitrogens with one attached hydrogen (secondary N) is 1. The van der Waals surface area contributed by atoms with Crippen LogP contribution in [0.1, 0.15) is 5.82 Å². The summed E-state index contributed by atoms with van der Waals surface area (Å²) in [5.41, 5.74) is 2.37. The van der Waals surface area contributed by atoms with E-state index < -0.39 is 0 Å². The number of hydrazine groups is 1. The third kappa shape index (κ3) is 2.21. The minimum atomic E-state index is 0.358. The Hall–Kier alpha value is -0.520. The molecule has 0 atom stereocenters. The van der Waals surface area contributed by atoms with Gasteiger partial charge in [-0.05, 0) is 0 Å². The van der Waals surface area contributed by atoms with Crippen molar-refractivity contribution < 1.29 is 0 Å². The number of aromatic nitrogens is 2. The Balaban J connectivity index is 3.02. The highest BCUT2D eigenvalue weighted by atomic mass is 35.5. The van der Waals surface area contributed by atoms with Crippen LogP contribution >= 0.6 is 24.2 Å². The second kappa shape index (κ2) is 3.75. The molecule has 0 amide bonds. The number of hydrogen-bond acceptors (Lipinski definition) is 5. The first-order valence-corrected chi connectivity index (χ1v) is 3.88. The van der Waals surface area contributed by atoms with Gasteiger partial charge >= 0.3 is 0 Å². The summed E-state index contributed by atoms with van der Waals surface area (Å²) in [4.78, 5) is 7.85. The zero-order chi connectivity index (χ0) is 8.27. The highest BCUT2D eigenvalue weighted by Gasteiger charge is 1.99. The molecule has 1 heterocycles. The lowest BCUT2D eigenvalue weighted by molar-refractivity contribution is 1.03. The number of halogens is 1. The summed E-state index contributed by atoms with van der Waals surface area (Å²) < 4.78 is 0. The lowest BCUT2D eigenvalue weighted by Gasteiger charge is -2.00. The van der Waals surface area contributed by atoms with Crippen LogP contribution in [0.4, 0.5) is 5.82 Å². The average molecular weight is 191 g/mol. The van der Waals surface area contributed by atoms with Crippen LogP contribution in [0.15, 0.2) is 6.07 Å². The number of nitrogen functional groups attached to an aromatic ring is 1. The largest absolute Gasteiger partial charge is 0.308 e. The molecule has 0 bridgehead atoms. The summed E-state index contributed by atoms with van der Waals surface area (Å²) in [6.45, 7) is 0. The Morgan fingerprint density at radius 3 is 2.91 bits per heavy atom. The van der Waals surface area contributed by atoms with E-state index >= 15 is 0 Å². The smallest absolute Gasteiger partial charge is 0.145 e. The van der Waals surface area contributed by atoms with Gasteiger partial charge in [-0.25, -0.2) is 15.8 Å². The first-order chi connectivity index (χ1) is 5.26. The van der Waals surface area contributed by atoms with E-state index in [1.165, 1.54) is 6.07 Å². The van der Waals surface area contributed by atoms with Gasteiger partial charge in [0.15, 0.2) is 0 Å². The molecule has 6 heteroatoms. The molecule has 60 valence electrons. The van der Waals surface area contributed by atoms with E-state index in [0.29, 0.717) is 22.5 Å². The predicted molar refractivity (Wildman–Crippen MR) is 47.5 cm³/mol. The Kier molecular flexibility index (Phi) is 2.92. The van der Waals surface area contributed by atoms with Crippen molar-refractivity contribution in [1.82, 2.24) is 9.97 Å². The Labute approximate surface area is 74.6 Å². The van der Waals surface area contributed by atoms with Crippen molar-refractivity contribution in [3.8, 4) is 0 Å². The zero-order valence-corrected chi connectivity index (χ0v) is 7.23. The minimum Gasteiger partial charge on any atom is -0.308 e. The molecular formula is C5H7ClN4S. The molecule has 0 unspecified atom stereocenters. The summed E-state index contributed by atoms with van der Waals surface area (Å²) in [6, 6.07) is 1.54. The molecule has 1 rings (SSSR count). The number of nitrogens with zero attached hydrogens (tertiary/aromatic N) is 2. The first kappa shape index (κ1) is 8.58. The van der Waals surface area contributed by atoms with Gasteiger partial charge in [0.05, 0.1) is 5.75 Å². The van der Waals surface area contributed by atoms with Crippen LogP contribution in [0.2, 0.25) is 5.15 Å². The number of anilines is 1. The summed E-state index contributed by atoms with van der Waals surface area (Å²) in [7, 11) is 0. The van der Waals surface area contributed by atoms with Gasteiger partial charge in [0.1, 0.15) is 16.8 Å². The molecular weight excluding hydrogens is 184 g/mol. The van der Waals surface area contributed by atoms with Crippen molar-refractivity contribution in [2.45, 2.75) is 5.75 Å². The maximum Gasteiger partial charge on any atom is 0.145 e. The average Bonchev–Trinajstić information content (AvgIpc) is 2.03. The third-order valence-corrected chi connectivity index (χ3v) is 1.51. The maximum atomic E-state index is 5.63. The molecule has 0 saturated carbocycles. The molecule has 0 fully saturated rings. The molecule has 0 aliphatic rings. The van der Waals surface area contributed by atoms with Gasteiger partial charge in [0, 0.05) is 6.07 Å². The fourth-order valence-corrected chi connectivity index (χ4v) is 0.952. The van der Waals surface area contributed by atoms with Crippen LogP contribution in [0.3, 0.4) is 0 Å². The minimum absolute atomic E-state index is 0.358. The van der Waals surface area contributed by atoms with E-state index in [2.05, 4.69) is 28.0 Å². The van der Waals surface area contributed by atoms with Crippen LogP contribution in [-0.2, 0) is 5.75 Å². The second-order valence-corrected chi connectivity index (χ2v) is 2.50. The van der Waals surface area contributed by atoms with Gasteiger partial charge in [0.25, 0.3) is 0 Å². The molecule has 1 aromatic rings. The van der Waals surface area contributed by atoms with Crippen molar-refractivity contribution in [1.29, 1.82) is 0 Å². The standard InChI is InChI=1S/C5H7ClN4S/c6-3-1-4(10-7)9-5(2-11)8-3/h1,11H,2,7H2,(H,8,9,10). The van der Waals surface area contributed by atoms with Gasteiger partial charge in [-0.3, -0.25) is 0 Å². The topological polar surface area (TPSA) is 63.8 Å². The van der Waals surface area contributed by atoms with Crippen LogP contribution in [0.5, 0.6) is 0 Å². The van der Waals surface area contributed by atoms with Crippen molar-refractivity contribution in [3.63, 3.8) is 0 Å². The van der Waals surface area contributed by atoms with E-state index in [-0.39, 0.29) is 0 Å². The van der Waals surface area contributed by atoms with E-state index in [1.807, 2.05) is 0 Å². The Morgan fingerprint density at radius 2 is 2.36 bits per heavy atom. The van der Waals surface area contributed by atoms with Crippen LogP contribution in [-0.4, -0.2) is 9.97 Å². The lowest BCUT2D eigenvalue weighted by Crippen LogP contribution is -2.09. The van der Waals surface area contributed by atoms with Gasteiger partial charge in [-0.15, -0.1) is 0 Å². The molecule has 0 radical (unpaired) electrons. The van der Waals surface area contributed by atoms with Crippen molar-refractivity contribution in [3.05, 3.63) is 17.0 Å².